The number of aryl methyl sites for hydroxylation is 1. The minimum absolute atomic E-state index is 0.225. The molecule has 0 atom stereocenters. The van der Waals surface area contributed by atoms with E-state index in [1.165, 1.54) is 5.56 Å². The van der Waals surface area contributed by atoms with Crippen LogP contribution in [0.3, 0.4) is 0 Å². The highest BCUT2D eigenvalue weighted by Crippen LogP contribution is 2.28. The number of nitrogens with zero attached hydrogens (tertiary/aromatic N) is 3. The molecule has 1 aromatic carbocycles. The van der Waals surface area contributed by atoms with Crippen LogP contribution in [0.15, 0.2) is 24.3 Å². The number of hydrogen-bond donors (Lipinski definition) is 0. The van der Waals surface area contributed by atoms with Gasteiger partial charge in [0, 0.05) is 55.7 Å². The van der Waals surface area contributed by atoms with E-state index < -0.39 is 0 Å². The second-order valence-electron chi connectivity index (χ2n) is 8.41. The maximum absolute atomic E-state index is 12.9. The number of hydrogen-bond acceptors (Lipinski definition) is 5. The minimum atomic E-state index is 0.225. The van der Waals surface area contributed by atoms with Gasteiger partial charge in [0.15, 0.2) is 17.3 Å². The number of aromatic nitrogens is 1. The van der Waals surface area contributed by atoms with E-state index in [0.29, 0.717) is 12.6 Å². The van der Waals surface area contributed by atoms with Crippen molar-refractivity contribution < 1.29 is 14.3 Å². The second kappa shape index (κ2) is 9.67. The van der Waals surface area contributed by atoms with Crippen LogP contribution in [0.25, 0.3) is 0 Å². The van der Waals surface area contributed by atoms with E-state index in [9.17, 15) is 4.79 Å². The van der Waals surface area contributed by atoms with Crippen LogP contribution >= 0.6 is 0 Å². The molecule has 1 aliphatic heterocycles. The van der Waals surface area contributed by atoms with Gasteiger partial charge in [0.05, 0.1) is 20.8 Å². The molecule has 0 bridgehead atoms. The molecule has 0 amide bonds. The summed E-state index contributed by atoms with van der Waals surface area (Å²) in [5.41, 5.74) is 4.32. The number of piperazine rings is 1. The summed E-state index contributed by atoms with van der Waals surface area (Å²) in [6, 6.07) is 8.49. The Morgan fingerprint density at radius 1 is 0.967 bits per heavy atom. The molecule has 164 valence electrons. The topological polar surface area (TPSA) is 46.9 Å². The first kappa shape index (κ1) is 22.4. The van der Waals surface area contributed by atoms with Crippen molar-refractivity contribution in [2.75, 3.05) is 46.9 Å². The molecule has 2 heterocycles. The van der Waals surface area contributed by atoms with Crippen molar-refractivity contribution in [2.24, 2.45) is 0 Å². The Hall–Kier alpha value is -2.31. The summed E-state index contributed by atoms with van der Waals surface area (Å²) in [6.07, 6.45) is 0. The number of carbonyl (C=O) groups is 1. The SMILES string of the molecule is COc1ccc(CN2CCN(CC(=O)c3cc(C)n(C(C)C)c3C)CC2)cc1OC. The molecular formula is C24H35N3O3. The van der Waals surface area contributed by atoms with Gasteiger partial charge in [-0.3, -0.25) is 14.6 Å². The van der Waals surface area contributed by atoms with Gasteiger partial charge in [-0.15, -0.1) is 0 Å². The van der Waals surface area contributed by atoms with Crippen LogP contribution < -0.4 is 9.47 Å². The fourth-order valence-electron chi connectivity index (χ4n) is 4.48. The highest BCUT2D eigenvalue weighted by molar-refractivity contribution is 5.99. The third-order valence-corrected chi connectivity index (χ3v) is 5.99. The minimum Gasteiger partial charge on any atom is -0.493 e. The summed E-state index contributed by atoms with van der Waals surface area (Å²) in [6.45, 7) is 13.5. The molecule has 0 saturated carbocycles. The Bertz CT molecular complexity index is 880. The largest absolute Gasteiger partial charge is 0.493 e. The van der Waals surface area contributed by atoms with Crippen molar-refractivity contribution in [3.05, 3.63) is 46.8 Å². The van der Waals surface area contributed by atoms with E-state index >= 15 is 0 Å². The predicted octanol–water partition coefficient (Wildman–Crippen LogP) is 3.70. The molecule has 1 fully saturated rings. The Balaban J connectivity index is 1.55. The molecule has 6 heteroatoms. The Morgan fingerprint density at radius 2 is 1.60 bits per heavy atom. The molecule has 0 spiro atoms. The molecule has 30 heavy (non-hydrogen) atoms. The standard InChI is InChI=1S/C24H35N3O3/c1-17(2)27-18(3)13-21(19(27)4)22(28)16-26-11-9-25(10-12-26)15-20-7-8-23(29-5)24(14-20)30-6/h7-8,13-14,17H,9-12,15-16H2,1-6H3. The summed E-state index contributed by atoms with van der Waals surface area (Å²) >= 11 is 0. The number of Topliss-reactive ketones (excluding diaryl/α,β-unsaturated/α-hetero) is 1. The zero-order valence-electron chi connectivity index (χ0n) is 19.2. The lowest BCUT2D eigenvalue weighted by atomic mass is 10.1. The lowest BCUT2D eigenvalue weighted by molar-refractivity contribution is 0.0843. The monoisotopic (exact) mass is 413 g/mol. The normalized spacial score (nSPS) is 15.6. The highest BCUT2D eigenvalue weighted by Gasteiger charge is 2.23. The maximum Gasteiger partial charge on any atom is 0.178 e. The fraction of sp³-hybridized carbons (Fsp3) is 0.542. The summed E-state index contributed by atoms with van der Waals surface area (Å²) in [7, 11) is 3.31. The van der Waals surface area contributed by atoms with Crippen LogP contribution in [0.1, 0.15) is 47.2 Å². The van der Waals surface area contributed by atoms with Gasteiger partial charge in [-0.2, -0.15) is 0 Å². The molecule has 3 rings (SSSR count). The first-order valence-electron chi connectivity index (χ1n) is 10.7. The third-order valence-electron chi connectivity index (χ3n) is 5.99. The van der Waals surface area contributed by atoms with Crippen LogP contribution in [0.4, 0.5) is 0 Å². The number of methoxy groups -OCH3 is 2. The smallest absolute Gasteiger partial charge is 0.178 e. The van der Waals surface area contributed by atoms with Crippen LogP contribution in [0.5, 0.6) is 11.5 Å². The lowest BCUT2D eigenvalue weighted by Gasteiger charge is -2.34. The van der Waals surface area contributed by atoms with Crippen LogP contribution in [-0.4, -0.2) is 67.1 Å². The van der Waals surface area contributed by atoms with Gasteiger partial charge < -0.3 is 14.0 Å². The third kappa shape index (κ3) is 4.87. The Morgan fingerprint density at radius 3 is 2.17 bits per heavy atom. The first-order chi connectivity index (χ1) is 14.3. The maximum atomic E-state index is 12.9. The van der Waals surface area contributed by atoms with Gasteiger partial charge in [-0.05, 0) is 51.5 Å². The van der Waals surface area contributed by atoms with Gasteiger partial charge >= 0.3 is 0 Å². The molecule has 2 aromatic rings. The molecule has 0 unspecified atom stereocenters. The number of benzene rings is 1. The van der Waals surface area contributed by atoms with Crippen molar-refractivity contribution in [2.45, 2.75) is 40.3 Å². The highest BCUT2D eigenvalue weighted by atomic mass is 16.5. The summed E-state index contributed by atoms with van der Waals surface area (Å²) in [4.78, 5) is 17.6. The van der Waals surface area contributed by atoms with E-state index in [4.69, 9.17) is 9.47 Å². The Labute approximate surface area is 180 Å². The van der Waals surface area contributed by atoms with Gasteiger partial charge in [0.2, 0.25) is 0 Å². The molecule has 6 nitrogen and oxygen atoms in total. The van der Waals surface area contributed by atoms with Gasteiger partial charge in [0.25, 0.3) is 0 Å². The van der Waals surface area contributed by atoms with Crippen molar-refractivity contribution in [3.8, 4) is 11.5 Å². The molecule has 1 saturated heterocycles. The van der Waals surface area contributed by atoms with Crippen LogP contribution in [-0.2, 0) is 6.54 Å². The van der Waals surface area contributed by atoms with Gasteiger partial charge in [0.1, 0.15) is 0 Å². The lowest BCUT2D eigenvalue weighted by Crippen LogP contribution is -2.47. The number of rotatable bonds is 8. The molecule has 1 aliphatic rings. The first-order valence-corrected chi connectivity index (χ1v) is 10.7. The molecule has 1 aromatic heterocycles. The van der Waals surface area contributed by atoms with E-state index in [0.717, 1.165) is 61.2 Å². The van der Waals surface area contributed by atoms with Crippen LogP contribution in [0, 0.1) is 13.8 Å². The summed E-state index contributed by atoms with van der Waals surface area (Å²) in [5, 5.41) is 0. The zero-order valence-corrected chi connectivity index (χ0v) is 19.2. The van der Waals surface area contributed by atoms with Crippen molar-refractivity contribution in [1.29, 1.82) is 0 Å². The quantitative estimate of drug-likeness (QED) is 0.618. The number of ether oxygens (including phenoxy) is 2. The van der Waals surface area contributed by atoms with Crippen molar-refractivity contribution >= 4 is 5.78 Å². The molecule has 0 radical (unpaired) electrons. The van der Waals surface area contributed by atoms with E-state index in [2.05, 4.69) is 48.1 Å². The molecule has 0 N–H and O–H groups in total. The van der Waals surface area contributed by atoms with Crippen molar-refractivity contribution in [1.82, 2.24) is 14.4 Å². The van der Waals surface area contributed by atoms with E-state index in [1.54, 1.807) is 14.2 Å². The van der Waals surface area contributed by atoms with Gasteiger partial charge in [-0.1, -0.05) is 6.07 Å². The number of carbonyl (C=O) groups excluding carboxylic acids is 1. The molecular weight excluding hydrogens is 378 g/mol. The average Bonchev–Trinajstić information content (AvgIpc) is 3.03. The van der Waals surface area contributed by atoms with E-state index in [-0.39, 0.29) is 5.78 Å². The van der Waals surface area contributed by atoms with Gasteiger partial charge in [-0.25, -0.2) is 0 Å². The fourth-order valence-corrected chi connectivity index (χ4v) is 4.48. The molecule has 0 aliphatic carbocycles. The predicted molar refractivity (Wildman–Crippen MR) is 120 cm³/mol. The summed E-state index contributed by atoms with van der Waals surface area (Å²) < 4.78 is 13.0. The Kier molecular flexibility index (Phi) is 7.21. The van der Waals surface area contributed by atoms with Crippen LogP contribution in [0.2, 0.25) is 0 Å². The number of ketones is 1. The zero-order chi connectivity index (χ0) is 21.8. The van der Waals surface area contributed by atoms with Crippen molar-refractivity contribution in [3.63, 3.8) is 0 Å². The van der Waals surface area contributed by atoms with E-state index in [1.807, 2.05) is 18.2 Å². The average molecular weight is 414 g/mol. The summed E-state index contributed by atoms with van der Waals surface area (Å²) in [5.74, 6) is 1.74. The second-order valence-corrected chi connectivity index (χ2v) is 8.41.